The largest absolute Gasteiger partial charge is 0.459 e. The summed E-state index contributed by atoms with van der Waals surface area (Å²) in [5.74, 6) is 0.00261. The van der Waals surface area contributed by atoms with E-state index in [1.54, 1.807) is 17.0 Å². The second-order valence-electron chi connectivity index (χ2n) is 5.93. The molecule has 0 radical (unpaired) electrons. The van der Waals surface area contributed by atoms with Crippen molar-refractivity contribution in [3.63, 3.8) is 0 Å². The summed E-state index contributed by atoms with van der Waals surface area (Å²) in [5, 5.41) is 0.825. The van der Waals surface area contributed by atoms with E-state index in [0.29, 0.717) is 11.9 Å². The van der Waals surface area contributed by atoms with E-state index in [-0.39, 0.29) is 18.3 Å². The minimum atomic E-state index is -0.495. The van der Waals surface area contributed by atoms with E-state index >= 15 is 0 Å². The highest BCUT2D eigenvalue weighted by Gasteiger charge is 2.18. The van der Waals surface area contributed by atoms with Crippen molar-refractivity contribution in [2.75, 3.05) is 18.5 Å². The molecule has 0 aliphatic rings. The average molecular weight is 289 g/mol. The number of furan rings is 1. The lowest BCUT2D eigenvalue weighted by molar-refractivity contribution is -0.152. The number of nitrogens with zero attached hydrogens (tertiary/aromatic N) is 1. The Labute approximate surface area is 123 Å². The van der Waals surface area contributed by atoms with Crippen molar-refractivity contribution in [3.8, 4) is 0 Å². The van der Waals surface area contributed by atoms with E-state index in [1.807, 2.05) is 40.0 Å². The number of carbonyl (C=O) groups is 2. The molecule has 1 aromatic carbocycles. The molecule has 2 rings (SSSR count). The van der Waals surface area contributed by atoms with E-state index in [1.165, 1.54) is 0 Å². The van der Waals surface area contributed by atoms with Crippen LogP contribution in [0.3, 0.4) is 0 Å². The minimum absolute atomic E-state index is 0.154. The number of hydrogen-bond acceptors (Lipinski definition) is 5. The van der Waals surface area contributed by atoms with E-state index < -0.39 is 5.60 Å². The fourth-order valence-electron chi connectivity index (χ4n) is 2.01. The number of ether oxygens (including phenoxy) is 1. The predicted molar refractivity (Wildman–Crippen MR) is 80.7 cm³/mol. The highest BCUT2D eigenvalue weighted by molar-refractivity contribution is 5.88. The molecule has 0 amide bonds. The molecule has 112 valence electrons. The van der Waals surface area contributed by atoms with Gasteiger partial charge in [-0.2, -0.15) is 0 Å². The number of anilines is 1. The first-order valence-corrected chi connectivity index (χ1v) is 6.70. The lowest BCUT2D eigenvalue weighted by atomic mass is 10.2. The van der Waals surface area contributed by atoms with Gasteiger partial charge in [-0.05, 0) is 45.0 Å². The molecule has 0 fully saturated rings. The van der Waals surface area contributed by atoms with Crippen LogP contribution in [0.15, 0.2) is 28.7 Å². The van der Waals surface area contributed by atoms with Gasteiger partial charge in [0.15, 0.2) is 12.0 Å². The van der Waals surface area contributed by atoms with Crippen molar-refractivity contribution in [1.82, 2.24) is 0 Å². The Morgan fingerprint density at radius 1 is 1.33 bits per heavy atom. The van der Waals surface area contributed by atoms with Crippen LogP contribution in [0, 0.1) is 0 Å². The Hall–Kier alpha value is -2.30. The average Bonchev–Trinajstić information content (AvgIpc) is 2.77. The molecule has 0 N–H and O–H groups in total. The molecule has 0 unspecified atom stereocenters. The molecular weight excluding hydrogens is 270 g/mol. The fourth-order valence-corrected chi connectivity index (χ4v) is 2.01. The van der Waals surface area contributed by atoms with Gasteiger partial charge in [-0.25, -0.2) is 0 Å². The third-order valence-corrected chi connectivity index (χ3v) is 2.86. The van der Waals surface area contributed by atoms with Crippen LogP contribution in [-0.2, 0) is 9.53 Å². The van der Waals surface area contributed by atoms with Gasteiger partial charge >= 0.3 is 5.97 Å². The third kappa shape index (κ3) is 3.84. The second kappa shape index (κ2) is 5.60. The van der Waals surface area contributed by atoms with Gasteiger partial charge in [0.25, 0.3) is 0 Å². The molecule has 0 bridgehead atoms. The molecule has 5 nitrogen and oxygen atoms in total. The van der Waals surface area contributed by atoms with Crippen molar-refractivity contribution in [2.45, 2.75) is 26.4 Å². The Balaban J connectivity index is 2.13. The van der Waals surface area contributed by atoms with Crippen molar-refractivity contribution < 1.29 is 18.7 Å². The Bertz CT molecular complexity index is 666. The van der Waals surface area contributed by atoms with E-state index in [9.17, 15) is 9.59 Å². The zero-order valence-corrected chi connectivity index (χ0v) is 12.7. The standard InChI is InChI=1S/C16H19NO4/c1-16(2,3)21-15(19)9-17(4)12-5-6-14-11(7-12)8-13(10-18)20-14/h5-8,10H,9H2,1-4H3. The first kappa shape index (κ1) is 15.1. The molecule has 0 aliphatic carbocycles. The number of benzene rings is 1. The number of aldehydes is 1. The number of esters is 1. The van der Waals surface area contributed by atoms with Crippen LogP contribution >= 0.6 is 0 Å². The molecule has 1 heterocycles. The molecule has 0 spiro atoms. The van der Waals surface area contributed by atoms with Crippen LogP contribution in [0.1, 0.15) is 31.3 Å². The van der Waals surface area contributed by atoms with Crippen molar-refractivity contribution in [2.24, 2.45) is 0 Å². The van der Waals surface area contributed by atoms with Crippen LogP contribution in [0.4, 0.5) is 5.69 Å². The fraction of sp³-hybridized carbons (Fsp3) is 0.375. The number of likely N-dealkylation sites (N-methyl/N-ethyl adjacent to an activating group) is 1. The smallest absolute Gasteiger partial charge is 0.326 e. The Morgan fingerprint density at radius 3 is 2.67 bits per heavy atom. The van der Waals surface area contributed by atoms with E-state index in [2.05, 4.69) is 0 Å². The van der Waals surface area contributed by atoms with Crippen LogP contribution in [0.25, 0.3) is 11.0 Å². The van der Waals surface area contributed by atoms with Gasteiger partial charge in [0.05, 0.1) is 0 Å². The molecule has 1 aromatic heterocycles. The van der Waals surface area contributed by atoms with E-state index in [0.717, 1.165) is 11.1 Å². The molecule has 21 heavy (non-hydrogen) atoms. The second-order valence-corrected chi connectivity index (χ2v) is 5.93. The van der Waals surface area contributed by atoms with Gasteiger partial charge in [0.1, 0.15) is 17.7 Å². The molecule has 0 atom stereocenters. The summed E-state index contributed by atoms with van der Waals surface area (Å²) in [7, 11) is 1.81. The summed E-state index contributed by atoms with van der Waals surface area (Å²) in [6, 6.07) is 7.16. The van der Waals surface area contributed by atoms with Crippen molar-refractivity contribution in [3.05, 3.63) is 30.0 Å². The van der Waals surface area contributed by atoms with Gasteiger partial charge < -0.3 is 14.1 Å². The van der Waals surface area contributed by atoms with Gasteiger partial charge in [0, 0.05) is 18.1 Å². The molecule has 0 saturated carbocycles. The number of hydrogen-bond donors (Lipinski definition) is 0. The third-order valence-electron chi connectivity index (χ3n) is 2.86. The summed E-state index contributed by atoms with van der Waals surface area (Å²) in [6.07, 6.45) is 0.671. The maximum Gasteiger partial charge on any atom is 0.326 e. The topological polar surface area (TPSA) is 59.8 Å². The molecular formula is C16H19NO4. The molecule has 2 aromatic rings. The van der Waals surface area contributed by atoms with Crippen LogP contribution in [-0.4, -0.2) is 31.4 Å². The zero-order chi connectivity index (χ0) is 15.6. The monoisotopic (exact) mass is 289 g/mol. The Morgan fingerprint density at radius 2 is 2.05 bits per heavy atom. The molecule has 0 saturated heterocycles. The summed E-state index contributed by atoms with van der Waals surface area (Å²) in [6.45, 7) is 5.66. The number of rotatable bonds is 4. The quantitative estimate of drug-likeness (QED) is 0.639. The first-order chi connectivity index (χ1) is 9.78. The highest BCUT2D eigenvalue weighted by Crippen LogP contribution is 2.24. The normalized spacial score (nSPS) is 11.4. The predicted octanol–water partition coefficient (Wildman–Crippen LogP) is 3.02. The summed E-state index contributed by atoms with van der Waals surface area (Å²) >= 11 is 0. The SMILES string of the molecule is CN(CC(=O)OC(C)(C)C)c1ccc2oc(C=O)cc2c1. The summed E-state index contributed by atoms with van der Waals surface area (Å²) in [5.41, 5.74) is 1.00. The summed E-state index contributed by atoms with van der Waals surface area (Å²) < 4.78 is 10.6. The van der Waals surface area contributed by atoms with Crippen LogP contribution < -0.4 is 4.90 Å². The highest BCUT2D eigenvalue weighted by atomic mass is 16.6. The van der Waals surface area contributed by atoms with Gasteiger partial charge in [-0.3, -0.25) is 9.59 Å². The maximum atomic E-state index is 11.8. The number of carbonyl (C=O) groups excluding carboxylic acids is 2. The van der Waals surface area contributed by atoms with Crippen LogP contribution in [0.5, 0.6) is 0 Å². The first-order valence-electron chi connectivity index (χ1n) is 6.70. The van der Waals surface area contributed by atoms with Gasteiger partial charge in [0.2, 0.25) is 0 Å². The van der Waals surface area contributed by atoms with Crippen LogP contribution in [0.2, 0.25) is 0 Å². The van der Waals surface area contributed by atoms with Crippen molar-refractivity contribution >= 4 is 28.9 Å². The van der Waals surface area contributed by atoms with E-state index in [4.69, 9.17) is 9.15 Å². The van der Waals surface area contributed by atoms with Gasteiger partial charge in [-0.15, -0.1) is 0 Å². The summed E-state index contributed by atoms with van der Waals surface area (Å²) in [4.78, 5) is 24.3. The lowest BCUT2D eigenvalue weighted by Crippen LogP contribution is -2.32. The maximum absolute atomic E-state index is 11.8. The lowest BCUT2D eigenvalue weighted by Gasteiger charge is -2.23. The molecule has 5 heteroatoms. The van der Waals surface area contributed by atoms with Crippen molar-refractivity contribution in [1.29, 1.82) is 0 Å². The Kier molecular flexibility index (Phi) is 4.02. The minimum Gasteiger partial charge on any atom is -0.459 e. The van der Waals surface area contributed by atoms with Gasteiger partial charge in [-0.1, -0.05) is 0 Å². The molecule has 0 aliphatic heterocycles. The zero-order valence-electron chi connectivity index (χ0n) is 12.7. The number of fused-ring (bicyclic) bond motifs is 1.